The van der Waals surface area contributed by atoms with Gasteiger partial charge >= 0.3 is 0 Å². The molecule has 1 amide bonds. The zero-order valence-electron chi connectivity index (χ0n) is 17.3. The second-order valence-electron chi connectivity index (χ2n) is 8.51. The Morgan fingerprint density at radius 3 is 2.90 bits per heavy atom. The van der Waals surface area contributed by atoms with Crippen molar-refractivity contribution < 1.29 is 4.79 Å². The van der Waals surface area contributed by atoms with Gasteiger partial charge in [0.25, 0.3) is 5.56 Å². The lowest BCUT2D eigenvalue weighted by atomic mass is 9.83. The Morgan fingerprint density at radius 2 is 2.00 bits per heavy atom. The topological polar surface area (TPSA) is 71.3 Å². The van der Waals surface area contributed by atoms with Gasteiger partial charge in [-0.15, -0.1) is 5.10 Å². The second-order valence-corrected chi connectivity index (χ2v) is 8.51. The molecule has 2 fully saturated rings. The van der Waals surface area contributed by atoms with E-state index in [0.29, 0.717) is 42.2 Å². The lowest BCUT2D eigenvalue weighted by Gasteiger charge is -2.45. The highest BCUT2D eigenvalue weighted by atomic mass is 16.2. The number of benzene rings is 1. The molecule has 29 heavy (non-hydrogen) atoms. The first-order chi connectivity index (χ1) is 14.1. The molecule has 2 aliphatic rings. The number of carbonyl (C=O) groups is 1. The number of carbonyl (C=O) groups excluding carboxylic acids is 1. The van der Waals surface area contributed by atoms with Crippen LogP contribution in [0.4, 0.5) is 0 Å². The van der Waals surface area contributed by atoms with Gasteiger partial charge in [-0.2, -0.15) is 0 Å². The Balaban J connectivity index is 1.29. The first-order valence-electron chi connectivity index (χ1n) is 10.9. The van der Waals surface area contributed by atoms with Crippen molar-refractivity contribution in [1.29, 1.82) is 0 Å². The summed E-state index contributed by atoms with van der Waals surface area (Å²) in [5.41, 5.74) is 0.463. The molecule has 2 aromatic rings. The molecule has 7 heteroatoms. The van der Waals surface area contributed by atoms with Crippen molar-refractivity contribution in [3.8, 4) is 0 Å². The van der Waals surface area contributed by atoms with Crippen LogP contribution >= 0.6 is 0 Å². The summed E-state index contributed by atoms with van der Waals surface area (Å²) in [5.74, 6) is 0.742. The van der Waals surface area contributed by atoms with Crippen LogP contribution in [-0.4, -0.2) is 63.4 Å². The van der Waals surface area contributed by atoms with E-state index in [9.17, 15) is 9.59 Å². The minimum absolute atomic E-state index is 0.143. The summed E-state index contributed by atoms with van der Waals surface area (Å²) in [6, 6.07) is 7.87. The monoisotopic (exact) mass is 397 g/mol. The predicted molar refractivity (Wildman–Crippen MR) is 113 cm³/mol. The van der Waals surface area contributed by atoms with Gasteiger partial charge in [0.05, 0.1) is 5.39 Å². The lowest BCUT2D eigenvalue weighted by molar-refractivity contribution is -0.131. The van der Waals surface area contributed by atoms with Gasteiger partial charge in [0.15, 0.2) is 0 Å². The van der Waals surface area contributed by atoms with Crippen molar-refractivity contribution in [1.82, 2.24) is 24.8 Å². The van der Waals surface area contributed by atoms with E-state index in [1.165, 1.54) is 49.9 Å². The van der Waals surface area contributed by atoms with E-state index in [1.807, 2.05) is 24.1 Å². The lowest BCUT2D eigenvalue weighted by Crippen LogP contribution is -2.51. The molecule has 2 aliphatic heterocycles. The molecule has 156 valence electrons. The fourth-order valence-corrected chi connectivity index (χ4v) is 4.98. The van der Waals surface area contributed by atoms with Crippen molar-refractivity contribution in [2.45, 2.75) is 57.5 Å². The fraction of sp³-hybridized carbons (Fsp3) is 0.636. The molecule has 0 aliphatic carbocycles. The Bertz CT molecular complexity index is 909. The molecule has 2 unspecified atom stereocenters. The number of fused-ring (bicyclic) bond motifs is 2. The van der Waals surface area contributed by atoms with Gasteiger partial charge in [0, 0.05) is 32.6 Å². The van der Waals surface area contributed by atoms with Gasteiger partial charge in [-0.3, -0.25) is 9.59 Å². The second kappa shape index (κ2) is 9.03. The Morgan fingerprint density at radius 1 is 1.17 bits per heavy atom. The summed E-state index contributed by atoms with van der Waals surface area (Å²) in [6.07, 6.45) is 7.39. The van der Waals surface area contributed by atoms with Crippen LogP contribution in [0.3, 0.4) is 0 Å². The highest BCUT2D eigenvalue weighted by molar-refractivity contribution is 5.76. The molecule has 0 saturated carbocycles. The third kappa shape index (κ3) is 4.50. The summed E-state index contributed by atoms with van der Waals surface area (Å²) in [4.78, 5) is 29.7. The third-order valence-corrected chi connectivity index (χ3v) is 6.55. The zero-order valence-corrected chi connectivity index (χ0v) is 17.3. The Kier molecular flexibility index (Phi) is 6.23. The van der Waals surface area contributed by atoms with Crippen molar-refractivity contribution in [3.63, 3.8) is 0 Å². The van der Waals surface area contributed by atoms with E-state index < -0.39 is 0 Å². The average molecular weight is 398 g/mol. The molecule has 0 bridgehead atoms. The molecule has 0 N–H and O–H groups in total. The van der Waals surface area contributed by atoms with Crippen LogP contribution in [0, 0.1) is 5.92 Å². The normalized spacial score (nSPS) is 22.4. The molecule has 4 rings (SSSR count). The van der Waals surface area contributed by atoms with Crippen molar-refractivity contribution in [2.75, 3.05) is 26.7 Å². The van der Waals surface area contributed by atoms with E-state index in [0.717, 1.165) is 6.54 Å². The van der Waals surface area contributed by atoms with Gasteiger partial charge in [-0.1, -0.05) is 23.8 Å². The molecule has 2 saturated heterocycles. The summed E-state index contributed by atoms with van der Waals surface area (Å²) >= 11 is 0. The van der Waals surface area contributed by atoms with Gasteiger partial charge in [-0.05, 0) is 63.2 Å². The third-order valence-electron chi connectivity index (χ3n) is 6.55. The standard InChI is InChI=1S/C22H31N5O2/c1-25(16-17-8-6-14-26-13-5-4-11-20(17)26)21(28)12-7-15-27-22(29)18-9-2-3-10-19(18)23-24-27/h2-3,9-10,17,20H,4-8,11-16H2,1H3. The molecular weight excluding hydrogens is 366 g/mol. The van der Waals surface area contributed by atoms with Crippen LogP contribution < -0.4 is 5.56 Å². The van der Waals surface area contributed by atoms with Gasteiger partial charge in [-0.25, -0.2) is 4.68 Å². The zero-order chi connectivity index (χ0) is 20.2. The maximum Gasteiger partial charge on any atom is 0.277 e. The Labute approximate surface area is 171 Å². The SMILES string of the molecule is CN(CC1CCCN2CCCCC12)C(=O)CCCn1nnc2ccccc2c1=O. The fourth-order valence-electron chi connectivity index (χ4n) is 4.98. The number of rotatable bonds is 6. The van der Waals surface area contributed by atoms with Gasteiger partial charge in [0.1, 0.15) is 5.52 Å². The summed E-state index contributed by atoms with van der Waals surface area (Å²) in [5, 5.41) is 8.68. The maximum absolute atomic E-state index is 12.7. The van der Waals surface area contributed by atoms with Crippen molar-refractivity contribution in [2.24, 2.45) is 5.92 Å². The minimum Gasteiger partial charge on any atom is -0.345 e. The number of hydrogen-bond acceptors (Lipinski definition) is 5. The van der Waals surface area contributed by atoms with Crippen LogP contribution in [0.15, 0.2) is 29.1 Å². The van der Waals surface area contributed by atoms with E-state index in [2.05, 4.69) is 15.2 Å². The van der Waals surface area contributed by atoms with Crippen LogP contribution in [-0.2, 0) is 11.3 Å². The first kappa shape index (κ1) is 20.0. The maximum atomic E-state index is 12.7. The highest BCUT2D eigenvalue weighted by Gasteiger charge is 2.33. The molecule has 1 aromatic carbocycles. The molecule has 1 aromatic heterocycles. The van der Waals surface area contributed by atoms with E-state index >= 15 is 0 Å². The number of aromatic nitrogens is 3. The molecule has 7 nitrogen and oxygen atoms in total. The summed E-state index contributed by atoms with van der Waals surface area (Å²) in [7, 11) is 1.92. The van der Waals surface area contributed by atoms with E-state index in [-0.39, 0.29) is 11.5 Å². The molecular formula is C22H31N5O2. The van der Waals surface area contributed by atoms with Crippen molar-refractivity contribution in [3.05, 3.63) is 34.6 Å². The van der Waals surface area contributed by atoms with Crippen LogP contribution in [0.25, 0.3) is 10.9 Å². The highest BCUT2D eigenvalue weighted by Crippen LogP contribution is 2.31. The molecule has 0 spiro atoms. The predicted octanol–water partition coefficient (Wildman–Crippen LogP) is 2.29. The number of piperidine rings is 2. The van der Waals surface area contributed by atoms with Crippen molar-refractivity contribution >= 4 is 16.8 Å². The molecule has 2 atom stereocenters. The number of aryl methyl sites for hydroxylation is 1. The Hall–Kier alpha value is -2.28. The first-order valence-corrected chi connectivity index (χ1v) is 10.9. The average Bonchev–Trinajstić information content (AvgIpc) is 2.75. The number of hydrogen-bond donors (Lipinski definition) is 0. The van der Waals surface area contributed by atoms with E-state index in [4.69, 9.17) is 0 Å². The quantitative estimate of drug-likeness (QED) is 0.748. The number of amides is 1. The smallest absolute Gasteiger partial charge is 0.277 e. The number of nitrogens with zero attached hydrogens (tertiary/aromatic N) is 5. The molecule has 3 heterocycles. The minimum atomic E-state index is -0.143. The summed E-state index contributed by atoms with van der Waals surface area (Å²) < 4.78 is 1.37. The van der Waals surface area contributed by atoms with Crippen LogP contribution in [0.5, 0.6) is 0 Å². The molecule has 0 radical (unpaired) electrons. The van der Waals surface area contributed by atoms with E-state index in [1.54, 1.807) is 12.1 Å². The van der Waals surface area contributed by atoms with Gasteiger partial charge < -0.3 is 9.80 Å². The summed E-state index contributed by atoms with van der Waals surface area (Å²) in [6.45, 7) is 3.70. The van der Waals surface area contributed by atoms with Crippen LogP contribution in [0.2, 0.25) is 0 Å². The largest absolute Gasteiger partial charge is 0.345 e. The van der Waals surface area contributed by atoms with Crippen LogP contribution in [0.1, 0.15) is 44.9 Å². The van der Waals surface area contributed by atoms with Gasteiger partial charge in [0.2, 0.25) is 5.91 Å².